The highest BCUT2D eigenvalue weighted by Crippen LogP contribution is 2.19. The molecule has 3 N–H and O–H groups in total. The molecule has 0 fully saturated rings. The maximum absolute atomic E-state index is 13.2. The molecule has 0 aliphatic heterocycles. The lowest BCUT2D eigenvalue weighted by molar-refractivity contribution is 0.102. The number of carbonyl (C=O) groups is 1. The number of aryl methyl sites for hydroxylation is 1. The monoisotopic (exact) mass is 288 g/mol. The normalized spacial score (nSPS) is 10.2. The zero-order valence-corrected chi connectivity index (χ0v) is 11.7. The maximum atomic E-state index is 13.2. The van der Waals surface area contributed by atoms with E-state index >= 15 is 0 Å². The van der Waals surface area contributed by atoms with Crippen LogP contribution in [0.3, 0.4) is 0 Å². The van der Waals surface area contributed by atoms with Gasteiger partial charge in [0.25, 0.3) is 5.91 Å². The molecule has 0 saturated carbocycles. The number of hydrogen-bond acceptors (Lipinski definition) is 3. The number of halogens is 1. The summed E-state index contributed by atoms with van der Waals surface area (Å²) in [5, 5.41) is 2.73. The molecule has 0 atom stereocenters. The predicted molar refractivity (Wildman–Crippen MR) is 80.1 cm³/mol. The molecular formula is C16H17FN2O2. The Bertz CT molecular complexity index is 644. The number of anilines is 1. The summed E-state index contributed by atoms with van der Waals surface area (Å²) in [6.07, 6.45) is 0. The zero-order valence-electron chi connectivity index (χ0n) is 11.7. The molecule has 2 aromatic carbocycles. The largest absolute Gasteiger partial charge is 0.492 e. The minimum absolute atomic E-state index is 0.309. The average Bonchev–Trinajstić information content (AvgIpc) is 2.48. The molecule has 21 heavy (non-hydrogen) atoms. The van der Waals surface area contributed by atoms with Gasteiger partial charge in [0.05, 0.1) is 0 Å². The van der Waals surface area contributed by atoms with Crippen LogP contribution in [0.1, 0.15) is 15.9 Å². The summed E-state index contributed by atoms with van der Waals surface area (Å²) >= 11 is 0. The fourth-order valence-electron chi connectivity index (χ4n) is 1.88. The van der Waals surface area contributed by atoms with E-state index < -0.39 is 5.82 Å². The highest BCUT2D eigenvalue weighted by molar-refractivity contribution is 6.05. The van der Waals surface area contributed by atoms with Crippen molar-refractivity contribution in [1.29, 1.82) is 0 Å². The smallest absolute Gasteiger partial charge is 0.256 e. The molecule has 2 aromatic rings. The summed E-state index contributed by atoms with van der Waals surface area (Å²) < 4.78 is 18.6. The number of benzene rings is 2. The summed E-state index contributed by atoms with van der Waals surface area (Å²) in [6.45, 7) is 2.58. The van der Waals surface area contributed by atoms with Crippen LogP contribution in [0.4, 0.5) is 10.1 Å². The quantitative estimate of drug-likeness (QED) is 0.889. The SMILES string of the molecule is Cc1ccc(F)cc1C(=O)Nc1cccc(OCCN)c1. The van der Waals surface area contributed by atoms with Crippen LogP contribution in [0, 0.1) is 12.7 Å². The third-order valence-electron chi connectivity index (χ3n) is 2.92. The van der Waals surface area contributed by atoms with E-state index in [0.717, 1.165) is 0 Å². The Balaban J connectivity index is 2.14. The first-order chi connectivity index (χ1) is 10.1. The first-order valence-corrected chi connectivity index (χ1v) is 6.60. The van der Waals surface area contributed by atoms with Gasteiger partial charge in [-0.15, -0.1) is 0 Å². The highest BCUT2D eigenvalue weighted by Gasteiger charge is 2.10. The van der Waals surface area contributed by atoms with Crippen molar-refractivity contribution >= 4 is 11.6 Å². The van der Waals surface area contributed by atoms with Crippen LogP contribution < -0.4 is 15.8 Å². The Kier molecular flexibility index (Phi) is 4.90. The molecule has 2 rings (SSSR count). The zero-order chi connectivity index (χ0) is 15.2. The molecule has 0 spiro atoms. The first kappa shape index (κ1) is 15.0. The van der Waals surface area contributed by atoms with E-state index in [1.165, 1.54) is 12.1 Å². The lowest BCUT2D eigenvalue weighted by atomic mass is 10.1. The Hall–Kier alpha value is -2.40. The maximum Gasteiger partial charge on any atom is 0.256 e. The van der Waals surface area contributed by atoms with E-state index in [2.05, 4.69) is 5.32 Å². The van der Waals surface area contributed by atoms with E-state index in [4.69, 9.17) is 10.5 Å². The summed E-state index contributed by atoms with van der Waals surface area (Å²) in [6, 6.07) is 11.1. The van der Waals surface area contributed by atoms with Crippen molar-refractivity contribution in [3.8, 4) is 5.75 Å². The van der Waals surface area contributed by atoms with Crippen LogP contribution in [-0.4, -0.2) is 19.1 Å². The van der Waals surface area contributed by atoms with Crippen LogP contribution in [0.5, 0.6) is 5.75 Å². The minimum atomic E-state index is -0.439. The summed E-state index contributed by atoms with van der Waals surface area (Å²) in [5.74, 6) is -0.178. The van der Waals surface area contributed by atoms with Gasteiger partial charge in [-0.3, -0.25) is 4.79 Å². The molecule has 0 aliphatic carbocycles. The number of hydrogen-bond donors (Lipinski definition) is 2. The van der Waals surface area contributed by atoms with Crippen LogP contribution in [0.25, 0.3) is 0 Å². The minimum Gasteiger partial charge on any atom is -0.492 e. The number of rotatable bonds is 5. The predicted octanol–water partition coefficient (Wildman–Crippen LogP) is 2.72. The van der Waals surface area contributed by atoms with Crippen LogP contribution in [0.15, 0.2) is 42.5 Å². The molecule has 110 valence electrons. The molecule has 0 aromatic heterocycles. The summed E-state index contributed by atoms with van der Waals surface area (Å²) in [5.41, 5.74) is 6.97. The van der Waals surface area contributed by atoms with E-state index in [1.54, 1.807) is 37.3 Å². The fourth-order valence-corrected chi connectivity index (χ4v) is 1.88. The van der Waals surface area contributed by atoms with Crippen LogP contribution in [-0.2, 0) is 0 Å². The number of carbonyl (C=O) groups excluding carboxylic acids is 1. The van der Waals surface area contributed by atoms with Gasteiger partial charge in [-0.2, -0.15) is 0 Å². The van der Waals surface area contributed by atoms with E-state index in [0.29, 0.717) is 35.7 Å². The third-order valence-corrected chi connectivity index (χ3v) is 2.92. The van der Waals surface area contributed by atoms with Crippen molar-refractivity contribution in [2.45, 2.75) is 6.92 Å². The molecule has 0 bridgehead atoms. The second kappa shape index (κ2) is 6.85. The molecule has 0 saturated heterocycles. The molecular weight excluding hydrogens is 271 g/mol. The molecule has 4 nitrogen and oxygen atoms in total. The first-order valence-electron chi connectivity index (χ1n) is 6.60. The van der Waals surface area contributed by atoms with Gasteiger partial charge in [-0.25, -0.2) is 4.39 Å². The van der Waals surface area contributed by atoms with Gasteiger partial charge >= 0.3 is 0 Å². The van der Waals surface area contributed by atoms with Gasteiger partial charge in [0.15, 0.2) is 0 Å². The van der Waals surface area contributed by atoms with E-state index in [9.17, 15) is 9.18 Å². The van der Waals surface area contributed by atoms with Crippen molar-refractivity contribution in [2.75, 3.05) is 18.5 Å². The Morgan fingerprint density at radius 3 is 2.86 bits per heavy atom. The highest BCUT2D eigenvalue weighted by atomic mass is 19.1. The van der Waals surface area contributed by atoms with Crippen LogP contribution >= 0.6 is 0 Å². The van der Waals surface area contributed by atoms with E-state index in [1.807, 2.05) is 0 Å². The molecule has 0 aliphatic rings. The average molecular weight is 288 g/mol. The number of amides is 1. The van der Waals surface area contributed by atoms with Gasteiger partial charge in [0, 0.05) is 23.9 Å². The molecule has 0 unspecified atom stereocenters. The lowest BCUT2D eigenvalue weighted by Gasteiger charge is -2.10. The van der Waals surface area contributed by atoms with Crippen molar-refractivity contribution in [1.82, 2.24) is 0 Å². The molecule has 0 radical (unpaired) electrons. The van der Waals surface area contributed by atoms with Crippen LogP contribution in [0.2, 0.25) is 0 Å². The van der Waals surface area contributed by atoms with Gasteiger partial charge in [-0.1, -0.05) is 12.1 Å². The van der Waals surface area contributed by atoms with Crippen molar-refractivity contribution in [2.24, 2.45) is 5.73 Å². The van der Waals surface area contributed by atoms with Crippen molar-refractivity contribution < 1.29 is 13.9 Å². The topological polar surface area (TPSA) is 64.3 Å². The molecule has 1 amide bonds. The summed E-state index contributed by atoms with van der Waals surface area (Å²) in [4.78, 5) is 12.2. The third kappa shape index (κ3) is 4.03. The fraction of sp³-hybridized carbons (Fsp3) is 0.188. The Morgan fingerprint density at radius 1 is 1.29 bits per heavy atom. The second-order valence-electron chi connectivity index (χ2n) is 4.58. The standard InChI is InChI=1S/C16H17FN2O2/c1-11-5-6-12(17)9-15(11)16(20)19-13-3-2-4-14(10-13)21-8-7-18/h2-6,9-10H,7-8,18H2,1H3,(H,19,20). The summed E-state index contributed by atoms with van der Waals surface area (Å²) in [7, 11) is 0. The van der Waals surface area contributed by atoms with Gasteiger partial charge in [-0.05, 0) is 36.8 Å². The molecule has 5 heteroatoms. The van der Waals surface area contributed by atoms with Gasteiger partial charge in [0.2, 0.25) is 0 Å². The number of ether oxygens (including phenoxy) is 1. The number of nitrogens with two attached hydrogens (primary N) is 1. The lowest BCUT2D eigenvalue weighted by Crippen LogP contribution is -2.14. The van der Waals surface area contributed by atoms with Gasteiger partial charge < -0.3 is 15.8 Å². The second-order valence-corrected chi connectivity index (χ2v) is 4.58. The van der Waals surface area contributed by atoms with Gasteiger partial charge in [0.1, 0.15) is 18.2 Å². The number of nitrogens with one attached hydrogen (secondary N) is 1. The Morgan fingerprint density at radius 2 is 2.10 bits per heavy atom. The Labute approximate surface area is 122 Å². The van der Waals surface area contributed by atoms with Crippen molar-refractivity contribution in [3.05, 3.63) is 59.4 Å². The van der Waals surface area contributed by atoms with E-state index in [-0.39, 0.29) is 5.91 Å². The molecule has 0 heterocycles. The van der Waals surface area contributed by atoms with Crippen molar-refractivity contribution in [3.63, 3.8) is 0 Å².